The van der Waals surface area contributed by atoms with Crippen molar-refractivity contribution in [2.45, 2.75) is 104 Å². The van der Waals surface area contributed by atoms with Gasteiger partial charge in [-0.3, -0.25) is 0 Å². The fourth-order valence-electron chi connectivity index (χ4n) is 4.04. The lowest BCUT2D eigenvalue weighted by molar-refractivity contribution is 0.609. The smallest absolute Gasteiger partial charge is 0.169 e. The van der Waals surface area contributed by atoms with Gasteiger partial charge in [-0.25, -0.2) is 9.97 Å². The van der Waals surface area contributed by atoms with Gasteiger partial charge in [0.1, 0.15) is 0 Å². The van der Waals surface area contributed by atoms with Crippen molar-refractivity contribution in [3.8, 4) is 21.1 Å². The van der Waals surface area contributed by atoms with Crippen LogP contribution in [0.25, 0.3) is 21.1 Å². The van der Waals surface area contributed by atoms with Crippen LogP contribution in [0.5, 0.6) is 0 Å². The fraction of sp³-hybridized carbons (Fsp3) is 0.571. The van der Waals surface area contributed by atoms with E-state index in [1.54, 1.807) is 0 Å². The van der Waals surface area contributed by atoms with Crippen LogP contribution in [0.2, 0.25) is 0 Å². The van der Waals surface area contributed by atoms with Gasteiger partial charge in [-0.2, -0.15) is 0 Å². The lowest BCUT2D eigenvalue weighted by Gasteiger charge is -2.01. The van der Waals surface area contributed by atoms with Gasteiger partial charge >= 0.3 is 0 Å². The molecule has 3 rings (SSSR count). The molecule has 0 radical (unpaired) electrons. The van der Waals surface area contributed by atoms with Gasteiger partial charge in [0.25, 0.3) is 0 Å². The average molecular weight is 469 g/mol. The van der Waals surface area contributed by atoms with Crippen LogP contribution >= 0.6 is 22.7 Å². The number of aryl methyl sites for hydroxylation is 2. The van der Waals surface area contributed by atoms with Crippen molar-refractivity contribution in [1.29, 1.82) is 0 Å². The Balaban J connectivity index is 1.45. The van der Waals surface area contributed by atoms with E-state index in [-0.39, 0.29) is 0 Å². The Morgan fingerprint density at radius 3 is 1.59 bits per heavy atom. The summed E-state index contributed by atoms with van der Waals surface area (Å²) >= 11 is 3.75. The molecule has 4 heteroatoms. The second-order valence-electron chi connectivity index (χ2n) is 8.86. The van der Waals surface area contributed by atoms with Crippen LogP contribution in [0, 0.1) is 0 Å². The molecule has 0 saturated heterocycles. The molecule has 0 aliphatic heterocycles. The average Bonchev–Trinajstić information content (AvgIpc) is 3.49. The van der Waals surface area contributed by atoms with Gasteiger partial charge in [0.05, 0.1) is 4.88 Å². The molecule has 32 heavy (non-hydrogen) atoms. The lowest BCUT2D eigenvalue weighted by atomic mass is 10.1. The number of rotatable bonds is 16. The van der Waals surface area contributed by atoms with Crippen LogP contribution in [-0.4, -0.2) is 9.97 Å². The molecule has 0 fully saturated rings. The molecular formula is C28H40N2S2. The maximum Gasteiger partial charge on any atom is 0.169 e. The van der Waals surface area contributed by atoms with Crippen LogP contribution in [0.1, 0.15) is 101 Å². The third-order valence-electron chi connectivity index (χ3n) is 6.03. The Morgan fingerprint density at radius 2 is 1.03 bits per heavy atom. The van der Waals surface area contributed by atoms with Gasteiger partial charge in [0.2, 0.25) is 0 Å². The Morgan fingerprint density at radius 1 is 0.562 bits per heavy atom. The van der Waals surface area contributed by atoms with Gasteiger partial charge < -0.3 is 0 Å². The molecule has 0 unspecified atom stereocenters. The first kappa shape index (κ1) is 25.1. The van der Waals surface area contributed by atoms with Crippen molar-refractivity contribution in [3.63, 3.8) is 0 Å². The van der Waals surface area contributed by atoms with E-state index in [9.17, 15) is 0 Å². The van der Waals surface area contributed by atoms with Gasteiger partial charge in [-0.05, 0) is 49.9 Å². The highest BCUT2D eigenvalue weighted by atomic mass is 32.1. The minimum absolute atomic E-state index is 0.858. The number of hydrogen-bond donors (Lipinski definition) is 0. The van der Waals surface area contributed by atoms with Crippen LogP contribution in [0.3, 0.4) is 0 Å². The molecule has 0 aliphatic carbocycles. The van der Waals surface area contributed by atoms with E-state index in [0.717, 1.165) is 11.4 Å². The third-order valence-corrected chi connectivity index (χ3v) is 8.37. The predicted molar refractivity (Wildman–Crippen MR) is 143 cm³/mol. The first-order valence-corrected chi connectivity index (χ1v) is 14.4. The molecule has 0 amide bonds. The highest BCUT2D eigenvalue weighted by Gasteiger charge is 2.08. The quantitative estimate of drug-likeness (QED) is 0.195. The van der Waals surface area contributed by atoms with E-state index in [2.05, 4.69) is 48.1 Å². The first-order valence-electron chi connectivity index (χ1n) is 12.8. The second-order valence-corrected chi connectivity index (χ2v) is 11.2. The predicted octanol–water partition coefficient (Wildman–Crippen LogP) is 9.74. The fourth-order valence-corrected chi connectivity index (χ4v) is 6.06. The summed E-state index contributed by atoms with van der Waals surface area (Å²) in [6, 6.07) is 8.97. The SMILES string of the molecule is CCCCCCCCc1ccc(-c2cnc(-c3ccc(CCCCCCCC)s3)nc2)s1. The maximum absolute atomic E-state index is 4.69. The molecule has 174 valence electrons. The summed E-state index contributed by atoms with van der Waals surface area (Å²) in [5.74, 6) is 0.858. The van der Waals surface area contributed by atoms with Crippen molar-refractivity contribution < 1.29 is 0 Å². The van der Waals surface area contributed by atoms with Crippen LogP contribution < -0.4 is 0 Å². The molecule has 0 N–H and O–H groups in total. The molecule has 2 nitrogen and oxygen atoms in total. The Bertz CT molecular complexity index is 806. The summed E-state index contributed by atoms with van der Waals surface area (Å²) in [7, 11) is 0. The summed E-state index contributed by atoms with van der Waals surface area (Å²) in [4.78, 5) is 14.8. The van der Waals surface area contributed by atoms with Crippen LogP contribution in [-0.2, 0) is 12.8 Å². The lowest BCUT2D eigenvalue weighted by Crippen LogP contribution is -1.86. The molecule has 3 aromatic heterocycles. The van der Waals surface area contributed by atoms with E-state index >= 15 is 0 Å². The standard InChI is InChI=1S/C28H40N2S2/c1-3-5-7-9-11-13-15-24-17-19-26(31-24)23-21-29-28(30-22-23)27-20-18-25(32-27)16-14-12-10-8-6-4-2/h17-22H,3-16H2,1-2H3. The van der Waals surface area contributed by atoms with Gasteiger partial charge in [0.15, 0.2) is 5.82 Å². The molecular weight excluding hydrogens is 428 g/mol. The molecule has 3 aromatic rings. The third kappa shape index (κ3) is 8.44. The zero-order chi connectivity index (χ0) is 22.4. The number of thiophene rings is 2. The first-order chi connectivity index (χ1) is 15.8. The summed E-state index contributed by atoms with van der Waals surface area (Å²) in [6.45, 7) is 4.55. The molecule has 0 aliphatic rings. The van der Waals surface area contributed by atoms with Crippen molar-refractivity contribution in [2.75, 3.05) is 0 Å². The summed E-state index contributed by atoms with van der Waals surface area (Å²) in [5.41, 5.74) is 1.14. The number of hydrogen-bond acceptors (Lipinski definition) is 4. The van der Waals surface area contributed by atoms with Crippen LogP contribution in [0.15, 0.2) is 36.7 Å². The zero-order valence-corrected chi connectivity index (χ0v) is 21.7. The minimum atomic E-state index is 0.858. The molecule has 0 bridgehead atoms. The van der Waals surface area contributed by atoms with Crippen molar-refractivity contribution in [3.05, 3.63) is 46.4 Å². The van der Waals surface area contributed by atoms with E-state index in [1.807, 2.05) is 35.1 Å². The number of unbranched alkanes of at least 4 members (excludes halogenated alkanes) is 10. The Kier molecular flexibility index (Phi) is 11.5. The van der Waals surface area contributed by atoms with E-state index in [4.69, 9.17) is 0 Å². The topological polar surface area (TPSA) is 25.8 Å². The summed E-state index contributed by atoms with van der Waals surface area (Å²) < 4.78 is 0. The summed E-state index contributed by atoms with van der Waals surface area (Å²) in [5, 5.41) is 0. The monoisotopic (exact) mass is 468 g/mol. The maximum atomic E-state index is 4.69. The zero-order valence-electron chi connectivity index (χ0n) is 20.1. The van der Waals surface area contributed by atoms with Crippen molar-refractivity contribution >= 4 is 22.7 Å². The van der Waals surface area contributed by atoms with E-state index in [1.165, 1.54) is 109 Å². The van der Waals surface area contributed by atoms with Gasteiger partial charge in [0, 0.05) is 32.6 Å². The van der Waals surface area contributed by atoms with E-state index < -0.39 is 0 Å². The normalized spacial score (nSPS) is 11.3. The molecule has 0 saturated carbocycles. The highest BCUT2D eigenvalue weighted by Crippen LogP contribution is 2.31. The largest absolute Gasteiger partial charge is 0.235 e. The Labute approximate surface area is 203 Å². The van der Waals surface area contributed by atoms with Gasteiger partial charge in [-0.1, -0.05) is 78.1 Å². The van der Waals surface area contributed by atoms with Crippen LogP contribution in [0.4, 0.5) is 0 Å². The second kappa shape index (κ2) is 14.6. The van der Waals surface area contributed by atoms with E-state index in [0.29, 0.717) is 0 Å². The number of aromatic nitrogens is 2. The molecule has 0 spiro atoms. The molecule has 3 heterocycles. The minimum Gasteiger partial charge on any atom is -0.235 e. The Hall–Kier alpha value is -1.52. The number of nitrogens with zero attached hydrogens (tertiary/aromatic N) is 2. The molecule has 0 atom stereocenters. The van der Waals surface area contributed by atoms with Crippen molar-refractivity contribution in [2.24, 2.45) is 0 Å². The summed E-state index contributed by atoms with van der Waals surface area (Å²) in [6.07, 6.45) is 22.6. The van der Waals surface area contributed by atoms with Crippen molar-refractivity contribution in [1.82, 2.24) is 9.97 Å². The highest BCUT2D eigenvalue weighted by molar-refractivity contribution is 7.15. The van der Waals surface area contributed by atoms with Gasteiger partial charge in [-0.15, -0.1) is 22.7 Å². The molecule has 0 aromatic carbocycles.